The number of benzene rings is 2. The van der Waals surface area contributed by atoms with Crippen LogP contribution < -0.4 is 19.5 Å². The number of rotatable bonds is 7. The van der Waals surface area contributed by atoms with Crippen molar-refractivity contribution in [1.82, 2.24) is 9.97 Å². The molecule has 2 aromatic carbocycles. The van der Waals surface area contributed by atoms with Gasteiger partial charge < -0.3 is 19.5 Å². The average molecular weight is 407 g/mol. The van der Waals surface area contributed by atoms with Gasteiger partial charge in [-0.1, -0.05) is 12.1 Å². The first-order valence-electron chi connectivity index (χ1n) is 9.18. The molecule has 0 aliphatic heterocycles. The molecule has 0 saturated carbocycles. The molecule has 0 unspecified atom stereocenters. The van der Waals surface area contributed by atoms with Crippen LogP contribution in [-0.4, -0.2) is 30.8 Å². The summed E-state index contributed by atoms with van der Waals surface area (Å²) in [5, 5.41) is 6.48. The van der Waals surface area contributed by atoms with Gasteiger partial charge in [-0.05, 0) is 36.8 Å². The lowest BCUT2D eigenvalue weighted by Gasteiger charge is -2.12. The Kier molecular flexibility index (Phi) is 5.48. The summed E-state index contributed by atoms with van der Waals surface area (Å²) in [6.07, 6.45) is 1.57. The molecule has 0 spiro atoms. The van der Waals surface area contributed by atoms with Crippen LogP contribution in [0.2, 0.25) is 0 Å². The molecule has 2 heterocycles. The monoisotopic (exact) mass is 407 g/mol. The predicted octanol–water partition coefficient (Wildman–Crippen LogP) is 5.52. The van der Waals surface area contributed by atoms with E-state index < -0.39 is 0 Å². The summed E-state index contributed by atoms with van der Waals surface area (Å²) in [7, 11) is 3.24. The number of ether oxygens (including phenoxy) is 3. The molecule has 0 saturated heterocycles. The molecule has 6 nitrogen and oxygen atoms in total. The van der Waals surface area contributed by atoms with Crippen molar-refractivity contribution >= 4 is 33.1 Å². The number of thiophene rings is 1. The third kappa shape index (κ3) is 3.82. The van der Waals surface area contributed by atoms with Gasteiger partial charge in [0.05, 0.1) is 26.2 Å². The van der Waals surface area contributed by atoms with Crippen LogP contribution in [0.5, 0.6) is 17.2 Å². The lowest BCUT2D eigenvalue weighted by atomic mass is 10.1. The normalized spacial score (nSPS) is 10.7. The second-order valence-electron chi connectivity index (χ2n) is 6.20. The van der Waals surface area contributed by atoms with Gasteiger partial charge in [-0.2, -0.15) is 0 Å². The summed E-state index contributed by atoms with van der Waals surface area (Å²) in [6.45, 7) is 2.62. The van der Waals surface area contributed by atoms with E-state index in [1.165, 1.54) is 0 Å². The van der Waals surface area contributed by atoms with Crippen LogP contribution in [0.25, 0.3) is 21.3 Å². The van der Waals surface area contributed by atoms with Gasteiger partial charge in [-0.15, -0.1) is 11.3 Å². The molecular formula is C22H21N3O3S. The fourth-order valence-corrected chi connectivity index (χ4v) is 4.05. The molecule has 29 heavy (non-hydrogen) atoms. The van der Waals surface area contributed by atoms with Crippen molar-refractivity contribution in [2.75, 3.05) is 26.1 Å². The largest absolute Gasteiger partial charge is 0.494 e. The van der Waals surface area contributed by atoms with Crippen molar-refractivity contribution < 1.29 is 14.2 Å². The second kappa shape index (κ2) is 8.36. The molecular weight excluding hydrogens is 386 g/mol. The minimum Gasteiger partial charge on any atom is -0.494 e. The number of nitrogens with one attached hydrogen (secondary N) is 1. The molecule has 1 N–H and O–H groups in total. The van der Waals surface area contributed by atoms with E-state index in [1.807, 2.05) is 37.3 Å². The van der Waals surface area contributed by atoms with E-state index in [0.717, 1.165) is 38.6 Å². The van der Waals surface area contributed by atoms with Crippen LogP contribution >= 0.6 is 11.3 Å². The topological polar surface area (TPSA) is 65.5 Å². The zero-order chi connectivity index (χ0) is 20.2. The van der Waals surface area contributed by atoms with Crippen LogP contribution in [0.3, 0.4) is 0 Å². The molecule has 0 fully saturated rings. The van der Waals surface area contributed by atoms with E-state index in [1.54, 1.807) is 31.9 Å². The molecule has 4 aromatic rings. The maximum atomic E-state index is 5.55. The first-order chi connectivity index (χ1) is 14.2. The summed E-state index contributed by atoms with van der Waals surface area (Å²) in [6, 6.07) is 13.7. The molecule has 0 atom stereocenters. The van der Waals surface area contributed by atoms with Crippen LogP contribution in [0.1, 0.15) is 6.92 Å². The molecule has 0 aliphatic carbocycles. The highest BCUT2D eigenvalue weighted by molar-refractivity contribution is 7.17. The third-order valence-corrected chi connectivity index (χ3v) is 5.38. The molecule has 4 rings (SSSR count). The van der Waals surface area contributed by atoms with E-state index in [-0.39, 0.29) is 0 Å². The Hall–Kier alpha value is -3.32. The lowest BCUT2D eigenvalue weighted by molar-refractivity contribution is 0.340. The minimum absolute atomic E-state index is 0.647. The van der Waals surface area contributed by atoms with E-state index in [0.29, 0.717) is 18.1 Å². The second-order valence-corrected chi connectivity index (χ2v) is 7.06. The van der Waals surface area contributed by atoms with Crippen LogP contribution in [0.15, 0.2) is 54.2 Å². The highest BCUT2D eigenvalue weighted by atomic mass is 32.1. The average Bonchev–Trinajstić information content (AvgIpc) is 3.20. The number of hydrogen-bond donors (Lipinski definition) is 1. The van der Waals surface area contributed by atoms with Crippen molar-refractivity contribution in [3.05, 3.63) is 54.2 Å². The van der Waals surface area contributed by atoms with E-state index in [4.69, 9.17) is 14.2 Å². The highest BCUT2D eigenvalue weighted by Gasteiger charge is 2.14. The van der Waals surface area contributed by atoms with Gasteiger partial charge in [0.25, 0.3) is 0 Å². The van der Waals surface area contributed by atoms with Gasteiger partial charge in [0, 0.05) is 22.7 Å². The molecule has 148 valence electrons. The van der Waals surface area contributed by atoms with Crippen LogP contribution in [0, 0.1) is 0 Å². The van der Waals surface area contributed by atoms with Gasteiger partial charge in [-0.3, -0.25) is 0 Å². The lowest BCUT2D eigenvalue weighted by Crippen LogP contribution is -1.97. The van der Waals surface area contributed by atoms with E-state index >= 15 is 0 Å². The number of anilines is 2. The zero-order valence-corrected chi connectivity index (χ0v) is 17.2. The van der Waals surface area contributed by atoms with Crippen molar-refractivity contribution in [1.29, 1.82) is 0 Å². The Bertz CT molecular complexity index is 1130. The molecule has 7 heteroatoms. The Labute approximate surface area is 173 Å². The summed E-state index contributed by atoms with van der Waals surface area (Å²) in [5.41, 5.74) is 3.02. The van der Waals surface area contributed by atoms with Crippen LogP contribution in [-0.2, 0) is 0 Å². The Morgan fingerprint density at radius 1 is 0.966 bits per heavy atom. The maximum Gasteiger partial charge on any atom is 0.162 e. The third-order valence-electron chi connectivity index (χ3n) is 4.49. The number of nitrogens with zero attached hydrogens (tertiary/aromatic N) is 2. The standard InChI is InChI=1S/C22H21N3O3S/c1-4-28-16-8-5-14(6-9-16)17-12-29-22-20(17)21(23-13-24-22)25-15-7-10-18(26-2)19(11-15)27-3/h5-13H,4H2,1-3H3,(H,23,24,25). The molecule has 0 bridgehead atoms. The predicted molar refractivity (Wildman–Crippen MR) is 117 cm³/mol. The van der Waals surface area contributed by atoms with Gasteiger partial charge in [0.1, 0.15) is 22.7 Å². The Balaban J connectivity index is 1.73. The SMILES string of the molecule is CCOc1ccc(-c2csc3ncnc(Nc4ccc(OC)c(OC)c4)c23)cc1. The van der Waals surface area contributed by atoms with E-state index in [2.05, 4.69) is 32.8 Å². The smallest absolute Gasteiger partial charge is 0.162 e. The molecule has 2 aromatic heterocycles. The number of hydrogen-bond acceptors (Lipinski definition) is 7. The van der Waals surface area contributed by atoms with Crippen molar-refractivity contribution in [2.24, 2.45) is 0 Å². The van der Waals surface area contributed by atoms with Crippen molar-refractivity contribution in [3.63, 3.8) is 0 Å². The number of methoxy groups -OCH3 is 2. The van der Waals surface area contributed by atoms with Crippen LogP contribution in [0.4, 0.5) is 11.5 Å². The maximum absolute atomic E-state index is 5.55. The number of aromatic nitrogens is 2. The van der Waals surface area contributed by atoms with Gasteiger partial charge in [0.15, 0.2) is 11.5 Å². The summed E-state index contributed by atoms with van der Waals surface area (Å²) >= 11 is 1.59. The van der Waals surface area contributed by atoms with Crippen molar-refractivity contribution in [2.45, 2.75) is 6.92 Å². The van der Waals surface area contributed by atoms with Gasteiger partial charge in [0.2, 0.25) is 0 Å². The van der Waals surface area contributed by atoms with Gasteiger partial charge in [-0.25, -0.2) is 9.97 Å². The summed E-state index contributed by atoms with van der Waals surface area (Å²) < 4.78 is 16.3. The van der Waals surface area contributed by atoms with Crippen molar-refractivity contribution in [3.8, 4) is 28.4 Å². The number of fused-ring (bicyclic) bond motifs is 1. The minimum atomic E-state index is 0.647. The van der Waals surface area contributed by atoms with E-state index in [9.17, 15) is 0 Å². The summed E-state index contributed by atoms with van der Waals surface area (Å²) in [5.74, 6) is 2.93. The van der Waals surface area contributed by atoms with Gasteiger partial charge >= 0.3 is 0 Å². The Morgan fingerprint density at radius 3 is 2.48 bits per heavy atom. The fourth-order valence-electron chi connectivity index (χ4n) is 3.13. The Morgan fingerprint density at radius 2 is 1.76 bits per heavy atom. The first-order valence-corrected chi connectivity index (χ1v) is 10.1. The fraction of sp³-hybridized carbons (Fsp3) is 0.182. The summed E-state index contributed by atoms with van der Waals surface area (Å²) in [4.78, 5) is 9.85. The molecule has 0 radical (unpaired) electrons. The first kappa shape index (κ1) is 19.0. The quantitative estimate of drug-likeness (QED) is 0.435. The zero-order valence-electron chi connectivity index (χ0n) is 16.4. The molecule has 0 amide bonds. The molecule has 0 aliphatic rings. The highest BCUT2D eigenvalue weighted by Crippen LogP contribution is 2.39.